The van der Waals surface area contributed by atoms with Gasteiger partial charge in [0.15, 0.2) is 16.8 Å². The van der Waals surface area contributed by atoms with Gasteiger partial charge in [0.1, 0.15) is 17.3 Å². The highest BCUT2D eigenvalue weighted by Gasteiger charge is 2.37. The van der Waals surface area contributed by atoms with Crippen molar-refractivity contribution in [2.24, 2.45) is 0 Å². The second kappa shape index (κ2) is 6.62. The third-order valence-corrected chi connectivity index (χ3v) is 6.62. The Morgan fingerprint density at radius 2 is 2.16 bits per heavy atom. The largest absolute Gasteiger partial charge is 0.460 e. The SMILES string of the molecule is CC(=O)c1cc(C(CCCO)[S+]2CCCC2)oc1C. The molecule has 0 saturated carbocycles. The van der Waals surface area contributed by atoms with E-state index in [4.69, 9.17) is 9.52 Å². The Morgan fingerprint density at radius 1 is 1.47 bits per heavy atom. The Kier molecular flexibility index (Phi) is 5.11. The average Bonchev–Trinajstić information content (AvgIpc) is 2.99. The first-order valence-electron chi connectivity index (χ1n) is 7.02. The molecule has 3 nitrogen and oxygen atoms in total. The molecule has 1 unspecified atom stereocenters. The molecule has 1 saturated heterocycles. The maximum Gasteiger partial charge on any atom is 0.175 e. The molecular weight excluding hydrogens is 260 g/mol. The van der Waals surface area contributed by atoms with Crippen molar-refractivity contribution in [3.8, 4) is 0 Å². The van der Waals surface area contributed by atoms with Gasteiger partial charge >= 0.3 is 0 Å². The number of hydrogen-bond donors (Lipinski definition) is 1. The average molecular weight is 283 g/mol. The van der Waals surface area contributed by atoms with E-state index in [2.05, 4.69) is 0 Å². The zero-order valence-corrected chi connectivity index (χ0v) is 12.6. The van der Waals surface area contributed by atoms with E-state index in [1.165, 1.54) is 24.3 Å². The van der Waals surface area contributed by atoms with Gasteiger partial charge in [0.2, 0.25) is 0 Å². The highest BCUT2D eigenvalue weighted by atomic mass is 32.2. The van der Waals surface area contributed by atoms with E-state index in [-0.39, 0.29) is 12.4 Å². The van der Waals surface area contributed by atoms with E-state index in [9.17, 15) is 4.79 Å². The predicted octanol–water partition coefficient (Wildman–Crippen LogP) is 3.02. The van der Waals surface area contributed by atoms with Crippen LogP contribution in [0.5, 0.6) is 0 Å². The number of aliphatic hydroxyl groups is 1. The number of hydrogen-bond acceptors (Lipinski definition) is 3. The van der Waals surface area contributed by atoms with Crippen LogP contribution >= 0.6 is 0 Å². The summed E-state index contributed by atoms with van der Waals surface area (Å²) >= 11 is 0. The molecule has 19 heavy (non-hydrogen) atoms. The van der Waals surface area contributed by atoms with Gasteiger partial charge in [-0.25, -0.2) is 0 Å². The lowest BCUT2D eigenvalue weighted by molar-refractivity contribution is 0.101. The van der Waals surface area contributed by atoms with E-state index in [1.807, 2.05) is 13.0 Å². The highest BCUT2D eigenvalue weighted by molar-refractivity contribution is 7.97. The van der Waals surface area contributed by atoms with Gasteiger partial charge in [-0.2, -0.15) is 0 Å². The topological polar surface area (TPSA) is 50.4 Å². The van der Waals surface area contributed by atoms with Crippen molar-refractivity contribution in [1.29, 1.82) is 0 Å². The first-order chi connectivity index (χ1) is 9.13. The normalized spacial score (nSPS) is 17.8. The van der Waals surface area contributed by atoms with Crippen molar-refractivity contribution >= 4 is 16.7 Å². The number of ketones is 1. The van der Waals surface area contributed by atoms with Crippen molar-refractivity contribution < 1.29 is 14.3 Å². The van der Waals surface area contributed by atoms with Crippen LogP contribution in [0.2, 0.25) is 0 Å². The van der Waals surface area contributed by atoms with Crippen LogP contribution in [-0.2, 0) is 10.9 Å². The molecule has 1 aromatic heterocycles. The van der Waals surface area contributed by atoms with E-state index in [0.717, 1.165) is 24.4 Å². The number of carbonyl (C=O) groups excluding carboxylic acids is 1. The van der Waals surface area contributed by atoms with Crippen LogP contribution in [0, 0.1) is 6.92 Å². The lowest BCUT2D eigenvalue weighted by Gasteiger charge is -2.13. The Labute approximate surface area is 117 Å². The summed E-state index contributed by atoms with van der Waals surface area (Å²) in [5, 5.41) is 9.46. The molecule has 106 valence electrons. The lowest BCUT2D eigenvalue weighted by Crippen LogP contribution is -2.15. The Balaban J connectivity index is 2.21. The van der Waals surface area contributed by atoms with Crippen molar-refractivity contribution in [3.05, 3.63) is 23.2 Å². The summed E-state index contributed by atoms with van der Waals surface area (Å²) in [5.74, 6) is 4.31. The molecule has 0 radical (unpaired) electrons. The molecule has 1 atom stereocenters. The number of Topliss-reactive ketones (excluding diaryl/α,β-unsaturated/α-hetero) is 1. The maximum absolute atomic E-state index is 11.5. The quantitative estimate of drug-likeness (QED) is 0.645. The third kappa shape index (κ3) is 3.42. The summed E-state index contributed by atoms with van der Waals surface area (Å²) < 4.78 is 5.85. The fraction of sp³-hybridized carbons (Fsp3) is 0.667. The van der Waals surface area contributed by atoms with Gasteiger partial charge in [-0.3, -0.25) is 4.79 Å². The molecule has 1 aromatic rings. The van der Waals surface area contributed by atoms with Gasteiger partial charge in [0, 0.05) is 13.0 Å². The summed E-state index contributed by atoms with van der Waals surface area (Å²) in [6.45, 7) is 3.68. The smallest absolute Gasteiger partial charge is 0.175 e. The monoisotopic (exact) mass is 283 g/mol. The second-order valence-corrected chi connectivity index (χ2v) is 7.64. The van der Waals surface area contributed by atoms with Crippen LogP contribution in [0.4, 0.5) is 0 Å². The molecule has 1 fully saturated rings. The fourth-order valence-electron chi connectivity index (χ4n) is 2.72. The molecule has 1 aliphatic heterocycles. The van der Waals surface area contributed by atoms with Crippen molar-refractivity contribution in [1.82, 2.24) is 0 Å². The van der Waals surface area contributed by atoms with Crippen LogP contribution in [-0.4, -0.2) is 29.0 Å². The Morgan fingerprint density at radius 3 is 2.68 bits per heavy atom. The lowest BCUT2D eigenvalue weighted by atomic mass is 10.1. The van der Waals surface area contributed by atoms with Gasteiger partial charge in [-0.1, -0.05) is 0 Å². The zero-order valence-electron chi connectivity index (χ0n) is 11.8. The number of aryl methyl sites for hydroxylation is 1. The maximum atomic E-state index is 11.5. The molecular formula is C15H23O3S+. The van der Waals surface area contributed by atoms with Crippen molar-refractivity contribution in [2.75, 3.05) is 18.1 Å². The van der Waals surface area contributed by atoms with E-state index in [1.54, 1.807) is 6.92 Å². The van der Waals surface area contributed by atoms with E-state index in [0.29, 0.717) is 21.7 Å². The van der Waals surface area contributed by atoms with Crippen molar-refractivity contribution in [2.45, 2.75) is 44.8 Å². The van der Waals surface area contributed by atoms with Gasteiger partial charge in [-0.05, 0) is 50.1 Å². The molecule has 4 heteroatoms. The molecule has 0 aromatic carbocycles. The van der Waals surface area contributed by atoms with Crippen LogP contribution in [0.15, 0.2) is 10.5 Å². The number of rotatable bonds is 6. The Bertz CT molecular complexity index is 433. The van der Waals surface area contributed by atoms with E-state index >= 15 is 0 Å². The van der Waals surface area contributed by atoms with Crippen LogP contribution < -0.4 is 0 Å². The zero-order chi connectivity index (χ0) is 13.8. The van der Waals surface area contributed by atoms with Gasteiger partial charge in [0.25, 0.3) is 0 Å². The Hall–Kier alpha value is -0.740. The minimum Gasteiger partial charge on any atom is -0.460 e. The summed E-state index contributed by atoms with van der Waals surface area (Å²) in [4.78, 5) is 11.5. The molecule has 0 spiro atoms. The standard InChI is InChI=1S/C15H23O3S/c1-11(17)13-10-14(18-12(13)2)15(6-5-7-16)19-8-3-4-9-19/h10,15-16H,3-9H2,1-2H3/q+1. The molecule has 0 bridgehead atoms. The van der Waals surface area contributed by atoms with Crippen molar-refractivity contribution in [3.63, 3.8) is 0 Å². The van der Waals surface area contributed by atoms with Gasteiger partial charge in [-0.15, -0.1) is 0 Å². The van der Waals surface area contributed by atoms with E-state index < -0.39 is 0 Å². The fourth-order valence-corrected chi connectivity index (χ4v) is 5.59. The minimum atomic E-state index is 0.0724. The summed E-state index contributed by atoms with van der Waals surface area (Å²) in [6.07, 6.45) is 4.38. The van der Waals surface area contributed by atoms with Gasteiger partial charge in [0.05, 0.1) is 5.56 Å². The summed E-state index contributed by atoms with van der Waals surface area (Å²) in [6, 6.07) is 1.94. The van der Waals surface area contributed by atoms with Crippen LogP contribution in [0.1, 0.15) is 59.7 Å². The minimum absolute atomic E-state index is 0.0724. The van der Waals surface area contributed by atoms with Crippen LogP contribution in [0.25, 0.3) is 0 Å². The predicted molar refractivity (Wildman–Crippen MR) is 78.8 cm³/mol. The summed E-state index contributed by atoms with van der Waals surface area (Å²) in [5.41, 5.74) is 0.715. The molecule has 2 heterocycles. The first-order valence-corrected chi connectivity index (χ1v) is 8.64. The van der Waals surface area contributed by atoms with Gasteiger partial charge < -0.3 is 9.52 Å². The first kappa shape index (κ1) is 14.7. The number of furan rings is 1. The number of aliphatic hydroxyl groups excluding tert-OH is 1. The second-order valence-electron chi connectivity index (χ2n) is 5.18. The molecule has 0 aliphatic carbocycles. The molecule has 1 aliphatic rings. The molecule has 2 rings (SSSR count). The molecule has 1 N–H and O–H groups in total. The van der Waals surface area contributed by atoms with Crippen LogP contribution in [0.3, 0.4) is 0 Å². The third-order valence-electron chi connectivity index (χ3n) is 3.72. The molecule has 0 amide bonds. The number of carbonyl (C=O) groups is 1. The highest BCUT2D eigenvalue weighted by Crippen LogP contribution is 2.36. The summed E-state index contributed by atoms with van der Waals surface area (Å²) in [7, 11) is 0.358.